The Morgan fingerprint density at radius 3 is 2.63 bits per heavy atom. The zero-order valence-corrected chi connectivity index (χ0v) is 11.1. The van der Waals surface area contributed by atoms with Gasteiger partial charge in [0.2, 0.25) is 0 Å². The molecule has 1 aliphatic rings. The Balaban J connectivity index is 1.68. The molecule has 4 rings (SSSR count). The van der Waals surface area contributed by atoms with Gasteiger partial charge in [0.1, 0.15) is 11.3 Å². The molecule has 2 nitrogen and oxygen atoms in total. The number of halogens is 1. The average molecular weight is 269 g/mol. The van der Waals surface area contributed by atoms with Gasteiger partial charge in [-0.1, -0.05) is 48.0 Å². The summed E-state index contributed by atoms with van der Waals surface area (Å²) >= 11 is 6.17. The van der Waals surface area contributed by atoms with E-state index in [1.807, 2.05) is 18.2 Å². The van der Waals surface area contributed by atoms with Gasteiger partial charge in [-0.25, -0.2) is 4.98 Å². The van der Waals surface area contributed by atoms with Crippen molar-refractivity contribution < 1.29 is 0 Å². The third-order valence-corrected chi connectivity index (χ3v) is 4.16. The third-order valence-electron chi connectivity index (χ3n) is 3.85. The zero-order valence-electron chi connectivity index (χ0n) is 10.3. The predicted molar refractivity (Wildman–Crippen MR) is 77.6 cm³/mol. The highest BCUT2D eigenvalue weighted by Crippen LogP contribution is 2.53. The molecule has 2 aromatic carbocycles. The molecule has 94 valence electrons. The SMILES string of the molecule is Clc1cccc2[nH]c(C3CC3c3ccccc3)nc12. The first-order chi connectivity index (χ1) is 9.33. The van der Waals surface area contributed by atoms with Crippen LogP contribution >= 0.6 is 11.6 Å². The first-order valence-electron chi connectivity index (χ1n) is 6.52. The van der Waals surface area contributed by atoms with Crippen molar-refractivity contribution in [2.75, 3.05) is 0 Å². The Labute approximate surface area is 116 Å². The molecule has 19 heavy (non-hydrogen) atoms. The maximum Gasteiger partial charge on any atom is 0.111 e. The van der Waals surface area contributed by atoms with Crippen LogP contribution in [-0.4, -0.2) is 9.97 Å². The van der Waals surface area contributed by atoms with Gasteiger partial charge in [0.25, 0.3) is 0 Å². The van der Waals surface area contributed by atoms with Crippen LogP contribution in [0.2, 0.25) is 5.02 Å². The van der Waals surface area contributed by atoms with Gasteiger partial charge < -0.3 is 4.98 Å². The fourth-order valence-electron chi connectivity index (χ4n) is 2.76. The molecule has 1 aromatic heterocycles. The molecule has 0 spiro atoms. The molecule has 1 aliphatic carbocycles. The van der Waals surface area contributed by atoms with E-state index in [2.05, 4.69) is 40.3 Å². The van der Waals surface area contributed by atoms with E-state index in [4.69, 9.17) is 11.6 Å². The highest BCUT2D eigenvalue weighted by molar-refractivity contribution is 6.34. The van der Waals surface area contributed by atoms with Crippen molar-refractivity contribution in [3.05, 3.63) is 64.9 Å². The number of nitrogens with one attached hydrogen (secondary N) is 1. The molecule has 1 saturated carbocycles. The second kappa shape index (κ2) is 4.10. The van der Waals surface area contributed by atoms with Gasteiger partial charge in [-0.3, -0.25) is 0 Å². The number of benzene rings is 2. The van der Waals surface area contributed by atoms with Gasteiger partial charge >= 0.3 is 0 Å². The lowest BCUT2D eigenvalue weighted by atomic mass is 10.1. The summed E-state index contributed by atoms with van der Waals surface area (Å²) in [7, 11) is 0. The van der Waals surface area contributed by atoms with E-state index < -0.39 is 0 Å². The van der Waals surface area contributed by atoms with E-state index in [1.165, 1.54) is 12.0 Å². The van der Waals surface area contributed by atoms with Crippen molar-refractivity contribution in [3.63, 3.8) is 0 Å². The first kappa shape index (κ1) is 11.1. The van der Waals surface area contributed by atoms with Crippen molar-refractivity contribution in [2.45, 2.75) is 18.3 Å². The van der Waals surface area contributed by atoms with Crippen molar-refractivity contribution in [1.82, 2.24) is 9.97 Å². The number of aromatic amines is 1. The maximum absolute atomic E-state index is 6.17. The number of para-hydroxylation sites is 1. The van der Waals surface area contributed by atoms with Gasteiger partial charge in [0, 0.05) is 5.92 Å². The minimum atomic E-state index is 0.505. The average Bonchev–Trinajstić information content (AvgIpc) is 3.12. The van der Waals surface area contributed by atoms with Crippen LogP contribution in [0.1, 0.15) is 29.6 Å². The highest BCUT2D eigenvalue weighted by atomic mass is 35.5. The van der Waals surface area contributed by atoms with Gasteiger partial charge in [-0.05, 0) is 30.0 Å². The number of imidazole rings is 1. The van der Waals surface area contributed by atoms with Crippen LogP contribution in [0.15, 0.2) is 48.5 Å². The summed E-state index contributed by atoms with van der Waals surface area (Å²) in [6, 6.07) is 16.5. The molecule has 1 heterocycles. The van der Waals surface area contributed by atoms with Crippen LogP contribution < -0.4 is 0 Å². The second-order valence-corrected chi connectivity index (χ2v) is 5.52. The Morgan fingerprint density at radius 2 is 1.84 bits per heavy atom. The molecule has 0 aliphatic heterocycles. The summed E-state index contributed by atoms with van der Waals surface area (Å²) in [6.45, 7) is 0. The van der Waals surface area contributed by atoms with Gasteiger partial charge in [-0.2, -0.15) is 0 Å². The summed E-state index contributed by atoms with van der Waals surface area (Å²) in [6.07, 6.45) is 1.17. The summed E-state index contributed by atoms with van der Waals surface area (Å²) in [5, 5.41) is 0.719. The van der Waals surface area contributed by atoms with Crippen molar-refractivity contribution in [1.29, 1.82) is 0 Å². The molecular weight excluding hydrogens is 256 g/mol. The highest BCUT2D eigenvalue weighted by Gasteiger charge is 2.41. The van der Waals surface area contributed by atoms with Crippen LogP contribution in [0.5, 0.6) is 0 Å². The van der Waals surface area contributed by atoms with E-state index >= 15 is 0 Å². The lowest BCUT2D eigenvalue weighted by Crippen LogP contribution is -1.86. The summed E-state index contributed by atoms with van der Waals surface area (Å²) < 4.78 is 0. The van der Waals surface area contributed by atoms with E-state index in [-0.39, 0.29) is 0 Å². The number of nitrogens with zero attached hydrogens (tertiary/aromatic N) is 1. The Kier molecular flexibility index (Phi) is 2.39. The smallest absolute Gasteiger partial charge is 0.111 e. The Bertz CT molecular complexity index is 733. The van der Waals surface area contributed by atoms with Crippen molar-refractivity contribution in [3.8, 4) is 0 Å². The number of hydrogen-bond acceptors (Lipinski definition) is 1. The lowest BCUT2D eigenvalue weighted by molar-refractivity contribution is 0.938. The van der Waals surface area contributed by atoms with E-state index in [0.717, 1.165) is 21.9 Å². The van der Waals surface area contributed by atoms with Crippen LogP contribution in [0.25, 0.3) is 11.0 Å². The quantitative estimate of drug-likeness (QED) is 0.729. The zero-order chi connectivity index (χ0) is 12.8. The minimum absolute atomic E-state index is 0.505. The van der Waals surface area contributed by atoms with E-state index in [9.17, 15) is 0 Å². The largest absolute Gasteiger partial charge is 0.342 e. The fourth-order valence-corrected chi connectivity index (χ4v) is 2.97. The van der Waals surface area contributed by atoms with Crippen LogP contribution in [0, 0.1) is 0 Å². The summed E-state index contributed by atoms with van der Waals surface area (Å²) in [4.78, 5) is 8.07. The topological polar surface area (TPSA) is 28.7 Å². The molecule has 3 heteroatoms. The van der Waals surface area contributed by atoms with Crippen molar-refractivity contribution in [2.24, 2.45) is 0 Å². The Morgan fingerprint density at radius 1 is 1.00 bits per heavy atom. The fraction of sp³-hybridized carbons (Fsp3) is 0.188. The van der Waals surface area contributed by atoms with Crippen molar-refractivity contribution >= 4 is 22.6 Å². The molecule has 2 atom stereocenters. The number of hydrogen-bond donors (Lipinski definition) is 1. The molecule has 2 unspecified atom stereocenters. The first-order valence-corrected chi connectivity index (χ1v) is 6.90. The number of fused-ring (bicyclic) bond motifs is 1. The second-order valence-electron chi connectivity index (χ2n) is 5.12. The third kappa shape index (κ3) is 1.83. The molecule has 3 aromatic rings. The number of H-pyrrole nitrogens is 1. The standard InChI is InChI=1S/C16H13ClN2/c17-13-7-4-8-14-15(13)19-16(18-14)12-9-11(12)10-5-2-1-3-6-10/h1-8,11-12H,9H2,(H,18,19). The van der Waals surface area contributed by atoms with Gasteiger partial charge in [0.05, 0.1) is 10.5 Å². The van der Waals surface area contributed by atoms with Crippen LogP contribution in [0.3, 0.4) is 0 Å². The molecular formula is C16H13ClN2. The van der Waals surface area contributed by atoms with Gasteiger partial charge in [-0.15, -0.1) is 0 Å². The number of aromatic nitrogens is 2. The Hall–Kier alpha value is -1.80. The normalized spacial score (nSPS) is 21.7. The molecule has 1 fully saturated rings. The maximum atomic E-state index is 6.17. The monoisotopic (exact) mass is 268 g/mol. The van der Waals surface area contributed by atoms with E-state index in [0.29, 0.717) is 11.8 Å². The lowest BCUT2D eigenvalue weighted by Gasteiger charge is -1.97. The molecule has 0 radical (unpaired) electrons. The summed E-state index contributed by atoms with van der Waals surface area (Å²) in [5.41, 5.74) is 3.32. The van der Waals surface area contributed by atoms with E-state index in [1.54, 1.807) is 0 Å². The molecule has 0 bridgehead atoms. The number of rotatable bonds is 2. The summed E-state index contributed by atoms with van der Waals surface area (Å²) in [5.74, 6) is 2.17. The molecule has 0 amide bonds. The van der Waals surface area contributed by atoms with Gasteiger partial charge in [0.15, 0.2) is 0 Å². The minimum Gasteiger partial charge on any atom is -0.342 e. The predicted octanol–water partition coefficient (Wildman–Crippen LogP) is 4.49. The van der Waals surface area contributed by atoms with Crippen LogP contribution in [-0.2, 0) is 0 Å². The molecule has 1 N–H and O–H groups in total. The van der Waals surface area contributed by atoms with Crippen LogP contribution in [0.4, 0.5) is 0 Å². The molecule has 0 saturated heterocycles.